The number of hydrogen-bond acceptors (Lipinski definition) is 6. The maximum absolute atomic E-state index is 12.8. The van der Waals surface area contributed by atoms with Gasteiger partial charge in [-0.05, 0) is 50.5 Å². The average Bonchev–Trinajstić information content (AvgIpc) is 3.17. The first-order valence-corrected chi connectivity index (χ1v) is 10.4. The predicted octanol–water partition coefficient (Wildman–Crippen LogP) is 3.87. The van der Waals surface area contributed by atoms with E-state index in [4.69, 9.17) is 9.47 Å². The Labute approximate surface area is 169 Å². The lowest BCUT2D eigenvalue weighted by molar-refractivity contribution is -0.148. The van der Waals surface area contributed by atoms with Crippen LogP contribution in [0.4, 0.5) is 0 Å². The van der Waals surface area contributed by atoms with Crippen molar-refractivity contribution in [3.63, 3.8) is 0 Å². The fraction of sp³-hybridized carbons (Fsp3) is 0.476. The number of hydrogen-bond donors (Lipinski definition) is 0. The molecule has 150 valence electrons. The molecule has 2 atom stereocenters. The van der Waals surface area contributed by atoms with Crippen LogP contribution in [-0.4, -0.2) is 48.1 Å². The molecule has 1 aromatic carbocycles. The van der Waals surface area contributed by atoms with Crippen molar-refractivity contribution in [1.29, 1.82) is 0 Å². The number of carbonyl (C=O) groups is 2. The second-order valence-corrected chi connectivity index (χ2v) is 8.23. The van der Waals surface area contributed by atoms with Crippen molar-refractivity contribution < 1.29 is 19.1 Å². The summed E-state index contributed by atoms with van der Waals surface area (Å²) in [6.07, 6.45) is 0.745. The number of thiazole rings is 1. The van der Waals surface area contributed by atoms with Gasteiger partial charge in [0.25, 0.3) is 5.91 Å². The number of aromatic nitrogens is 1. The molecule has 3 rings (SSSR count). The Bertz CT molecular complexity index is 831. The Morgan fingerprint density at radius 1 is 1.25 bits per heavy atom. The van der Waals surface area contributed by atoms with Crippen LogP contribution < -0.4 is 4.74 Å². The molecule has 0 spiro atoms. The maximum atomic E-state index is 12.8. The summed E-state index contributed by atoms with van der Waals surface area (Å²) >= 11 is 1.45. The van der Waals surface area contributed by atoms with E-state index in [2.05, 4.69) is 4.98 Å². The van der Waals surface area contributed by atoms with Crippen molar-refractivity contribution in [3.05, 3.63) is 35.3 Å². The number of carbonyl (C=O) groups excluding carboxylic acids is 2. The number of piperidine rings is 1. The van der Waals surface area contributed by atoms with Gasteiger partial charge in [0.15, 0.2) is 0 Å². The van der Waals surface area contributed by atoms with Crippen molar-refractivity contribution in [2.75, 3.05) is 20.2 Å². The first kappa shape index (κ1) is 20.3. The highest BCUT2D eigenvalue weighted by atomic mass is 32.1. The molecule has 0 aliphatic carbocycles. The minimum absolute atomic E-state index is 0.0664. The minimum atomic E-state index is -0.194. The molecule has 1 fully saturated rings. The van der Waals surface area contributed by atoms with E-state index in [0.717, 1.165) is 16.3 Å². The molecular weight excluding hydrogens is 376 g/mol. The van der Waals surface area contributed by atoms with Crippen molar-refractivity contribution in [3.8, 4) is 16.3 Å². The van der Waals surface area contributed by atoms with Gasteiger partial charge in [-0.15, -0.1) is 11.3 Å². The molecule has 1 aromatic heterocycles. The zero-order valence-electron chi connectivity index (χ0n) is 16.7. The van der Waals surface area contributed by atoms with Crippen LogP contribution in [0.25, 0.3) is 10.6 Å². The van der Waals surface area contributed by atoms with Gasteiger partial charge in [-0.2, -0.15) is 0 Å². The Morgan fingerprint density at radius 3 is 2.57 bits per heavy atom. The summed E-state index contributed by atoms with van der Waals surface area (Å²) in [6, 6.07) is 7.73. The quantitative estimate of drug-likeness (QED) is 0.710. The lowest BCUT2D eigenvalue weighted by Crippen LogP contribution is -2.45. The highest BCUT2D eigenvalue weighted by Crippen LogP contribution is 2.29. The van der Waals surface area contributed by atoms with E-state index < -0.39 is 0 Å². The Hall–Kier alpha value is -2.41. The van der Waals surface area contributed by atoms with Gasteiger partial charge in [-0.1, -0.05) is 6.92 Å². The van der Waals surface area contributed by atoms with Gasteiger partial charge in [0, 0.05) is 24.0 Å². The fourth-order valence-corrected chi connectivity index (χ4v) is 4.25. The van der Waals surface area contributed by atoms with E-state index in [1.165, 1.54) is 18.4 Å². The Kier molecular flexibility index (Phi) is 6.34. The molecule has 1 saturated heterocycles. The Balaban J connectivity index is 1.67. The normalized spacial score (nSPS) is 19.5. The van der Waals surface area contributed by atoms with Crippen LogP contribution in [0.5, 0.6) is 5.75 Å². The molecule has 2 aromatic rings. The van der Waals surface area contributed by atoms with Crippen LogP contribution in [0, 0.1) is 11.8 Å². The summed E-state index contributed by atoms with van der Waals surface area (Å²) in [5.41, 5.74) is 1.41. The van der Waals surface area contributed by atoms with E-state index in [-0.39, 0.29) is 29.8 Å². The monoisotopic (exact) mass is 402 g/mol. The minimum Gasteiger partial charge on any atom is -0.491 e. The van der Waals surface area contributed by atoms with E-state index in [1.54, 1.807) is 10.3 Å². The smallest absolute Gasteiger partial charge is 0.309 e. The highest BCUT2D eigenvalue weighted by Gasteiger charge is 2.34. The number of esters is 1. The molecule has 1 aliphatic rings. The second kappa shape index (κ2) is 8.73. The van der Waals surface area contributed by atoms with Gasteiger partial charge in [0.05, 0.1) is 19.1 Å². The fourth-order valence-electron chi connectivity index (χ4n) is 3.45. The van der Waals surface area contributed by atoms with Gasteiger partial charge in [-0.3, -0.25) is 9.59 Å². The number of likely N-dealkylation sites (tertiary alicyclic amines) is 1. The van der Waals surface area contributed by atoms with Crippen LogP contribution in [0.1, 0.15) is 37.7 Å². The molecule has 0 bridgehead atoms. The predicted molar refractivity (Wildman–Crippen MR) is 109 cm³/mol. The molecule has 0 saturated carbocycles. The van der Waals surface area contributed by atoms with Gasteiger partial charge < -0.3 is 14.4 Å². The van der Waals surface area contributed by atoms with Crippen molar-refractivity contribution in [2.45, 2.75) is 33.3 Å². The number of nitrogens with zero attached hydrogens (tertiary/aromatic N) is 2. The van der Waals surface area contributed by atoms with Crippen LogP contribution in [0.15, 0.2) is 29.6 Å². The molecule has 6 nitrogen and oxygen atoms in total. The molecule has 28 heavy (non-hydrogen) atoms. The van der Waals surface area contributed by atoms with Crippen LogP contribution >= 0.6 is 11.3 Å². The molecule has 0 N–H and O–H groups in total. The summed E-state index contributed by atoms with van der Waals surface area (Å²) in [7, 11) is 1.41. The SMILES string of the molecule is COC(=O)C1CCN(C(=O)c2csc(-c3ccc(OC(C)C)cc3)n2)CC1C. The van der Waals surface area contributed by atoms with Gasteiger partial charge in [0.2, 0.25) is 0 Å². The molecule has 0 radical (unpaired) electrons. The molecular formula is C21H26N2O4S. The average molecular weight is 403 g/mol. The van der Waals surface area contributed by atoms with E-state index in [9.17, 15) is 9.59 Å². The second-order valence-electron chi connectivity index (χ2n) is 7.38. The van der Waals surface area contributed by atoms with Crippen LogP contribution in [0.2, 0.25) is 0 Å². The standard InChI is InChI=1S/C21H26N2O4S/c1-13(2)27-16-7-5-15(6-8-16)19-22-18(12-28-19)20(24)23-10-9-17(14(3)11-23)21(25)26-4/h5-8,12-14,17H,9-11H2,1-4H3. The number of methoxy groups -OCH3 is 1. The van der Waals surface area contributed by atoms with Crippen molar-refractivity contribution in [1.82, 2.24) is 9.88 Å². The van der Waals surface area contributed by atoms with Gasteiger partial charge in [-0.25, -0.2) is 4.98 Å². The number of benzene rings is 1. The number of amides is 1. The summed E-state index contributed by atoms with van der Waals surface area (Å²) in [5, 5.41) is 2.60. The summed E-state index contributed by atoms with van der Waals surface area (Å²) < 4.78 is 10.5. The zero-order valence-corrected chi connectivity index (χ0v) is 17.5. The van der Waals surface area contributed by atoms with Crippen molar-refractivity contribution in [2.24, 2.45) is 11.8 Å². The van der Waals surface area contributed by atoms with Crippen molar-refractivity contribution >= 4 is 23.2 Å². The first-order valence-electron chi connectivity index (χ1n) is 9.48. The summed E-state index contributed by atoms with van der Waals surface area (Å²) in [6.45, 7) is 7.03. The number of rotatable bonds is 5. The third-order valence-electron chi connectivity index (χ3n) is 4.89. The van der Waals surface area contributed by atoms with E-state index >= 15 is 0 Å². The molecule has 7 heteroatoms. The summed E-state index contributed by atoms with van der Waals surface area (Å²) in [4.78, 5) is 31.0. The molecule has 1 amide bonds. The summed E-state index contributed by atoms with van der Waals surface area (Å²) in [5.74, 6) is 0.454. The third kappa shape index (κ3) is 4.52. The molecule has 2 unspecified atom stereocenters. The highest BCUT2D eigenvalue weighted by molar-refractivity contribution is 7.13. The van der Waals surface area contributed by atoms with Gasteiger partial charge in [0.1, 0.15) is 16.5 Å². The zero-order chi connectivity index (χ0) is 20.3. The first-order chi connectivity index (χ1) is 13.4. The van der Waals surface area contributed by atoms with Gasteiger partial charge >= 0.3 is 5.97 Å². The topological polar surface area (TPSA) is 68.7 Å². The van der Waals surface area contributed by atoms with Crippen LogP contribution in [0.3, 0.4) is 0 Å². The third-order valence-corrected chi connectivity index (χ3v) is 5.78. The Morgan fingerprint density at radius 2 is 1.96 bits per heavy atom. The number of ether oxygens (including phenoxy) is 2. The lowest BCUT2D eigenvalue weighted by atomic mass is 9.87. The maximum Gasteiger partial charge on any atom is 0.309 e. The molecule has 2 heterocycles. The molecule has 1 aliphatic heterocycles. The largest absolute Gasteiger partial charge is 0.491 e. The van der Waals surface area contributed by atoms with Crippen LogP contribution in [-0.2, 0) is 9.53 Å². The lowest BCUT2D eigenvalue weighted by Gasteiger charge is -2.35. The van der Waals surface area contributed by atoms with E-state index in [0.29, 0.717) is 25.2 Å². The van der Waals surface area contributed by atoms with E-state index in [1.807, 2.05) is 45.0 Å².